The lowest BCUT2D eigenvalue weighted by Gasteiger charge is -2.10. The Kier molecular flexibility index (Phi) is 5.23. The van der Waals surface area contributed by atoms with Crippen molar-refractivity contribution in [2.24, 2.45) is 0 Å². The third-order valence-electron chi connectivity index (χ3n) is 2.07. The number of terminal acetylenes is 1. The topological polar surface area (TPSA) is 87.7 Å². The monoisotopic (exact) mass is 262 g/mol. The van der Waals surface area contributed by atoms with Crippen LogP contribution < -0.4 is 15.4 Å². The lowest BCUT2D eigenvalue weighted by molar-refractivity contribution is -0.139. The number of rotatable bonds is 5. The number of carbonyl (C=O) groups is 2. The average Bonchev–Trinajstić information content (AvgIpc) is 2.37. The van der Waals surface area contributed by atoms with Gasteiger partial charge in [0.15, 0.2) is 6.61 Å². The summed E-state index contributed by atoms with van der Waals surface area (Å²) in [4.78, 5) is 21.8. The van der Waals surface area contributed by atoms with Crippen molar-refractivity contribution in [3.05, 3.63) is 24.3 Å². The van der Waals surface area contributed by atoms with Crippen LogP contribution in [-0.2, 0) is 4.79 Å². The minimum Gasteiger partial charge on any atom is -0.482 e. The molecule has 1 aromatic carbocycles. The molecule has 0 aliphatic heterocycles. The average molecular weight is 262 g/mol. The van der Waals surface area contributed by atoms with Gasteiger partial charge in [-0.25, -0.2) is 9.59 Å². The molecular formula is C13H14N2O4. The summed E-state index contributed by atoms with van der Waals surface area (Å²) in [5.41, 5.74) is 0.546. The van der Waals surface area contributed by atoms with Gasteiger partial charge >= 0.3 is 12.0 Å². The number of carboxylic acids is 1. The van der Waals surface area contributed by atoms with Crippen molar-refractivity contribution >= 4 is 17.7 Å². The van der Waals surface area contributed by atoms with Crippen LogP contribution in [0.2, 0.25) is 0 Å². The van der Waals surface area contributed by atoms with E-state index >= 15 is 0 Å². The van der Waals surface area contributed by atoms with Crippen molar-refractivity contribution in [1.82, 2.24) is 5.32 Å². The SMILES string of the molecule is C#CC(C)NC(=O)Nc1ccc(OCC(=O)O)cc1. The molecular weight excluding hydrogens is 248 g/mol. The molecule has 0 heterocycles. The molecule has 2 amide bonds. The van der Waals surface area contributed by atoms with Crippen molar-refractivity contribution in [1.29, 1.82) is 0 Å². The van der Waals surface area contributed by atoms with Crippen molar-refractivity contribution in [2.45, 2.75) is 13.0 Å². The maximum absolute atomic E-state index is 11.5. The summed E-state index contributed by atoms with van der Waals surface area (Å²) in [6.45, 7) is 1.27. The van der Waals surface area contributed by atoms with E-state index in [0.29, 0.717) is 11.4 Å². The summed E-state index contributed by atoms with van der Waals surface area (Å²) < 4.78 is 4.95. The molecule has 1 aromatic rings. The number of hydrogen-bond acceptors (Lipinski definition) is 3. The molecule has 1 rings (SSSR count). The van der Waals surface area contributed by atoms with Gasteiger partial charge in [-0.15, -0.1) is 6.42 Å². The number of carboxylic acid groups (broad SMARTS) is 1. The largest absolute Gasteiger partial charge is 0.482 e. The van der Waals surface area contributed by atoms with Crippen molar-refractivity contribution in [3.63, 3.8) is 0 Å². The molecule has 19 heavy (non-hydrogen) atoms. The minimum absolute atomic E-state index is 0.363. The van der Waals surface area contributed by atoms with Gasteiger partial charge in [0.05, 0.1) is 6.04 Å². The Balaban J connectivity index is 2.50. The maximum Gasteiger partial charge on any atom is 0.341 e. The van der Waals surface area contributed by atoms with Crippen LogP contribution in [0, 0.1) is 12.3 Å². The van der Waals surface area contributed by atoms with Crippen LogP contribution in [0.25, 0.3) is 0 Å². The fraction of sp³-hybridized carbons (Fsp3) is 0.231. The summed E-state index contributed by atoms with van der Waals surface area (Å²) in [5.74, 6) is 1.73. The number of hydrogen-bond donors (Lipinski definition) is 3. The summed E-state index contributed by atoms with van der Waals surface area (Å²) in [6.07, 6.45) is 5.13. The highest BCUT2D eigenvalue weighted by molar-refractivity contribution is 5.89. The summed E-state index contributed by atoms with van der Waals surface area (Å²) in [5, 5.41) is 13.6. The van der Waals surface area contributed by atoms with Crippen LogP contribution in [0.4, 0.5) is 10.5 Å². The molecule has 0 bridgehead atoms. The van der Waals surface area contributed by atoms with E-state index in [0.717, 1.165) is 0 Å². The Labute approximate surface area is 110 Å². The first kappa shape index (κ1) is 14.4. The molecule has 0 saturated heterocycles. The van der Waals surface area contributed by atoms with Gasteiger partial charge in [-0.3, -0.25) is 0 Å². The van der Waals surface area contributed by atoms with Gasteiger partial charge in [0.1, 0.15) is 5.75 Å². The van der Waals surface area contributed by atoms with Gasteiger partial charge in [-0.2, -0.15) is 0 Å². The predicted molar refractivity (Wildman–Crippen MR) is 70.0 cm³/mol. The van der Waals surface area contributed by atoms with E-state index in [1.54, 1.807) is 31.2 Å². The van der Waals surface area contributed by atoms with E-state index in [4.69, 9.17) is 16.3 Å². The molecule has 0 spiro atoms. The zero-order valence-corrected chi connectivity index (χ0v) is 10.3. The van der Waals surface area contributed by atoms with Crippen LogP contribution in [0.15, 0.2) is 24.3 Å². The number of nitrogens with one attached hydrogen (secondary N) is 2. The Morgan fingerprint density at radius 3 is 2.58 bits per heavy atom. The first-order valence-electron chi connectivity index (χ1n) is 5.49. The molecule has 3 N–H and O–H groups in total. The number of ether oxygens (including phenoxy) is 1. The number of urea groups is 1. The molecule has 1 atom stereocenters. The molecule has 0 aliphatic carbocycles. The Bertz CT molecular complexity index is 490. The van der Waals surface area contributed by atoms with Gasteiger partial charge in [0.2, 0.25) is 0 Å². The second-order valence-corrected chi connectivity index (χ2v) is 3.69. The minimum atomic E-state index is -1.05. The third-order valence-corrected chi connectivity index (χ3v) is 2.07. The van der Waals surface area contributed by atoms with Crippen LogP contribution in [0.1, 0.15) is 6.92 Å². The highest BCUT2D eigenvalue weighted by Gasteiger charge is 2.05. The zero-order chi connectivity index (χ0) is 14.3. The Morgan fingerprint density at radius 2 is 2.05 bits per heavy atom. The number of amides is 2. The lowest BCUT2D eigenvalue weighted by Crippen LogP contribution is -2.35. The zero-order valence-electron chi connectivity index (χ0n) is 10.3. The van der Waals surface area contributed by atoms with E-state index in [2.05, 4.69) is 16.6 Å². The van der Waals surface area contributed by atoms with Gasteiger partial charge < -0.3 is 20.5 Å². The van der Waals surface area contributed by atoms with Crippen LogP contribution in [0.5, 0.6) is 5.75 Å². The van der Waals surface area contributed by atoms with Crippen molar-refractivity contribution < 1.29 is 19.4 Å². The molecule has 0 aromatic heterocycles. The highest BCUT2D eigenvalue weighted by atomic mass is 16.5. The summed E-state index contributed by atoms with van der Waals surface area (Å²) in [6, 6.07) is 5.53. The van der Waals surface area contributed by atoms with Crippen LogP contribution in [-0.4, -0.2) is 29.8 Å². The second-order valence-electron chi connectivity index (χ2n) is 3.69. The second kappa shape index (κ2) is 6.91. The lowest BCUT2D eigenvalue weighted by atomic mass is 10.3. The van der Waals surface area contributed by atoms with Crippen LogP contribution in [0.3, 0.4) is 0 Å². The Morgan fingerprint density at radius 1 is 1.42 bits per heavy atom. The number of carbonyl (C=O) groups excluding carboxylic acids is 1. The van der Waals surface area contributed by atoms with Gasteiger partial charge in [-0.05, 0) is 31.2 Å². The fourth-order valence-electron chi connectivity index (χ4n) is 1.19. The summed E-state index contributed by atoms with van der Waals surface area (Å²) >= 11 is 0. The quantitative estimate of drug-likeness (QED) is 0.698. The first-order valence-corrected chi connectivity index (χ1v) is 5.49. The number of benzene rings is 1. The third kappa shape index (κ3) is 5.46. The van der Waals surface area contributed by atoms with Gasteiger partial charge in [0.25, 0.3) is 0 Å². The van der Waals surface area contributed by atoms with E-state index in [9.17, 15) is 9.59 Å². The molecule has 0 saturated carbocycles. The highest BCUT2D eigenvalue weighted by Crippen LogP contribution is 2.15. The normalized spacial score (nSPS) is 10.9. The van der Waals surface area contributed by atoms with E-state index in [1.807, 2.05) is 0 Å². The number of aliphatic carboxylic acids is 1. The molecule has 6 heteroatoms. The predicted octanol–water partition coefficient (Wildman–Crippen LogP) is 1.29. The maximum atomic E-state index is 11.5. The van der Waals surface area contributed by atoms with Gasteiger partial charge in [0, 0.05) is 5.69 Å². The number of anilines is 1. The smallest absolute Gasteiger partial charge is 0.341 e. The molecule has 0 fully saturated rings. The van der Waals surface area contributed by atoms with Crippen molar-refractivity contribution in [2.75, 3.05) is 11.9 Å². The van der Waals surface area contributed by atoms with Gasteiger partial charge in [-0.1, -0.05) is 5.92 Å². The fourth-order valence-corrected chi connectivity index (χ4v) is 1.19. The standard InChI is InChI=1S/C13H14N2O4/c1-3-9(2)14-13(18)15-10-4-6-11(7-5-10)19-8-12(16)17/h1,4-7,9H,8H2,2H3,(H,16,17)(H2,14,15,18). The van der Waals surface area contributed by atoms with E-state index in [-0.39, 0.29) is 6.04 Å². The summed E-state index contributed by atoms with van der Waals surface area (Å²) in [7, 11) is 0. The van der Waals surface area contributed by atoms with E-state index in [1.165, 1.54) is 0 Å². The molecule has 0 radical (unpaired) electrons. The van der Waals surface area contributed by atoms with E-state index < -0.39 is 18.6 Å². The van der Waals surface area contributed by atoms with Crippen molar-refractivity contribution in [3.8, 4) is 18.1 Å². The molecule has 1 unspecified atom stereocenters. The first-order chi connectivity index (χ1) is 9.01. The molecule has 0 aliphatic rings. The Hall–Kier alpha value is -2.68. The molecule has 100 valence electrons. The van der Waals surface area contributed by atoms with Crippen LogP contribution >= 0.6 is 0 Å². The molecule has 6 nitrogen and oxygen atoms in total.